The molecule has 7 nitrogen and oxygen atoms in total. The standard InChI is InChI=1S/C20H21ClN4O3S/c1-13-16(21)5-4-6-17(13)22-19(26)12-29-20-24-23-18(25(20)2)11-28-15-9-7-14(27-3)8-10-15/h4-10H,11-12H2,1-3H3,(H,22,26). The first kappa shape index (κ1) is 21.0. The van der Waals surface area contributed by atoms with Crippen LogP contribution in [-0.2, 0) is 18.4 Å². The van der Waals surface area contributed by atoms with Crippen molar-refractivity contribution in [1.29, 1.82) is 0 Å². The third-order valence-electron chi connectivity index (χ3n) is 4.23. The fourth-order valence-electron chi connectivity index (χ4n) is 2.48. The normalized spacial score (nSPS) is 10.6. The summed E-state index contributed by atoms with van der Waals surface area (Å²) < 4.78 is 12.7. The number of hydrogen-bond donors (Lipinski definition) is 1. The van der Waals surface area contributed by atoms with Crippen molar-refractivity contribution in [1.82, 2.24) is 14.8 Å². The van der Waals surface area contributed by atoms with E-state index >= 15 is 0 Å². The number of aromatic nitrogens is 3. The molecule has 2 aromatic carbocycles. The topological polar surface area (TPSA) is 78.3 Å². The molecular formula is C20H21ClN4O3S. The number of methoxy groups -OCH3 is 1. The number of anilines is 1. The minimum Gasteiger partial charge on any atom is -0.497 e. The monoisotopic (exact) mass is 432 g/mol. The van der Waals surface area contributed by atoms with E-state index in [0.29, 0.717) is 27.4 Å². The van der Waals surface area contributed by atoms with E-state index in [2.05, 4.69) is 15.5 Å². The molecule has 0 saturated carbocycles. The zero-order chi connectivity index (χ0) is 20.8. The first-order valence-electron chi connectivity index (χ1n) is 8.81. The van der Waals surface area contributed by atoms with Crippen LogP contribution in [0, 0.1) is 6.92 Å². The number of thioether (sulfide) groups is 1. The molecule has 3 aromatic rings. The van der Waals surface area contributed by atoms with Crippen molar-refractivity contribution < 1.29 is 14.3 Å². The van der Waals surface area contributed by atoms with Crippen molar-refractivity contribution in [2.24, 2.45) is 7.05 Å². The lowest BCUT2D eigenvalue weighted by molar-refractivity contribution is -0.113. The lowest BCUT2D eigenvalue weighted by Crippen LogP contribution is -2.15. The quantitative estimate of drug-likeness (QED) is 0.540. The second-order valence-electron chi connectivity index (χ2n) is 6.17. The van der Waals surface area contributed by atoms with Gasteiger partial charge in [-0.15, -0.1) is 10.2 Å². The van der Waals surface area contributed by atoms with Gasteiger partial charge in [0.05, 0.1) is 12.9 Å². The van der Waals surface area contributed by atoms with Crippen LogP contribution < -0.4 is 14.8 Å². The molecule has 0 radical (unpaired) electrons. The van der Waals surface area contributed by atoms with Gasteiger partial charge in [-0.25, -0.2) is 0 Å². The summed E-state index contributed by atoms with van der Waals surface area (Å²) in [7, 11) is 3.46. The highest BCUT2D eigenvalue weighted by molar-refractivity contribution is 7.99. The summed E-state index contributed by atoms with van der Waals surface area (Å²) in [5.74, 6) is 2.20. The first-order valence-corrected chi connectivity index (χ1v) is 10.2. The molecule has 152 valence electrons. The van der Waals surface area contributed by atoms with E-state index in [1.165, 1.54) is 11.8 Å². The number of amides is 1. The Kier molecular flexibility index (Phi) is 7.00. The molecule has 29 heavy (non-hydrogen) atoms. The van der Waals surface area contributed by atoms with Crippen LogP contribution in [0.25, 0.3) is 0 Å². The van der Waals surface area contributed by atoms with Gasteiger partial charge in [0.25, 0.3) is 0 Å². The molecule has 0 aliphatic heterocycles. The summed E-state index contributed by atoms with van der Waals surface area (Å²) in [5, 5.41) is 12.4. The average molecular weight is 433 g/mol. The molecule has 0 fully saturated rings. The van der Waals surface area contributed by atoms with E-state index < -0.39 is 0 Å². The van der Waals surface area contributed by atoms with Crippen molar-refractivity contribution in [3.05, 3.63) is 58.9 Å². The Morgan fingerprint density at radius 3 is 2.62 bits per heavy atom. The third kappa shape index (κ3) is 5.42. The Hall–Kier alpha value is -2.71. The minimum absolute atomic E-state index is 0.139. The number of carbonyl (C=O) groups is 1. The van der Waals surface area contributed by atoms with Gasteiger partial charge in [0.1, 0.15) is 18.1 Å². The van der Waals surface area contributed by atoms with E-state index in [1.807, 2.05) is 48.9 Å². The fraction of sp³-hybridized carbons (Fsp3) is 0.250. The second-order valence-corrected chi connectivity index (χ2v) is 7.52. The molecule has 3 rings (SSSR count). The average Bonchev–Trinajstić information content (AvgIpc) is 3.08. The molecule has 1 amide bonds. The van der Waals surface area contributed by atoms with Crippen molar-refractivity contribution >= 4 is 35.0 Å². The molecule has 0 spiro atoms. The summed E-state index contributed by atoms with van der Waals surface area (Å²) in [6.45, 7) is 2.13. The van der Waals surface area contributed by atoms with E-state index in [4.69, 9.17) is 21.1 Å². The first-order chi connectivity index (χ1) is 14.0. The van der Waals surface area contributed by atoms with Gasteiger partial charge < -0.3 is 19.4 Å². The van der Waals surface area contributed by atoms with Gasteiger partial charge >= 0.3 is 0 Å². The maximum atomic E-state index is 12.3. The maximum Gasteiger partial charge on any atom is 0.234 e. The third-order valence-corrected chi connectivity index (χ3v) is 5.66. The van der Waals surface area contributed by atoms with Gasteiger partial charge in [-0.2, -0.15) is 0 Å². The zero-order valence-electron chi connectivity index (χ0n) is 16.3. The largest absolute Gasteiger partial charge is 0.497 e. The SMILES string of the molecule is COc1ccc(OCc2nnc(SCC(=O)Nc3cccc(Cl)c3C)n2C)cc1. The molecule has 0 atom stereocenters. The number of hydrogen-bond acceptors (Lipinski definition) is 6. The molecular weight excluding hydrogens is 412 g/mol. The zero-order valence-corrected chi connectivity index (χ0v) is 17.9. The van der Waals surface area contributed by atoms with Gasteiger partial charge in [0, 0.05) is 17.8 Å². The van der Waals surface area contributed by atoms with Crippen LogP contribution >= 0.6 is 23.4 Å². The highest BCUT2D eigenvalue weighted by atomic mass is 35.5. The van der Waals surface area contributed by atoms with Crippen LogP contribution in [0.5, 0.6) is 11.5 Å². The van der Waals surface area contributed by atoms with E-state index in [0.717, 1.165) is 11.3 Å². The smallest absolute Gasteiger partial charge is 0.234 e. The highest BCUT2D eigenvalue weighted by Crippen LogP contribution is 2.24. The molecule has 9 heteroatoms. The molecule has 1 aromatic heterocycles. The summed E-state index contributed by atoms with van der Waals surface area (Å²) in [4.78, 5) is 12.3. The van der Waals surface area contributed by atoms with Gasteiger partial charge in [0.15, 0.2) is 11.0 Å². The molecule has 0 saturated heterocycles. The molecule has 0 bridgehead atoms. The number of ether oxygens (including phenoxy) is 2. The van der Waals surface area contributed by atoms with Gasteiger partial charge in [-0.1, -0.05) is 29.4 Å². The van der Waals surface area contributed by atoms with Crippen LogP contribution in [0.15, 0.2) is 47.6 Å². The van der Waals surface area contributed by atoms with Crippen molar-refractivity contribution in [2.75, 3.05) is 18.2 Å². The Bertz CT molecular complexity index is 992. The number of nitrogens with zero attached hydrogens (tertiary/aromatic N) is 3. The molecule has 0 aliphatic rings. The fourth-order valence-corrected chi connectivity index (χ4v) is 3.38. The predicted octanol–water partition coefficient (Wildman–Crippen LogP) is 4.10. The highest BCUT2D eigenvalue weighted by Gasteiger charge is 2.13. The number of carbonyl (C=O) groups excluding carboxylic acids is 1. The van der Waals surface area contributed by atoms with Crippen LogP contribution in [0.1, 0.15) is 11.4 Å². The van der Waals surface area contributed by atoms with Crippen molar-refractivity contribution in [2.45, 2.75) is 18.7 Å². The molecule has 0 unspecified atom stereocenters. The van der Waals surface area contributed by atoms with Gasteiger partial charge in [0.2, 0.25) is 5.91 Å². The van der Waals surface area contributed by atoms with Crippen molar-refractivity contribution in [3.8, 4) is 11.5 Å². The lowest BCUT2D eigenvalue weighted by Gasteiger charge is -2.09. The number of rotatable bonds is 8. The van der Waals surface area contributed by atoms with Crippen LogP contribution in [0.3, 0.4) is 0 Å². The number of benzene rings is 2. The summed E-state index contributed by atoms with van der Waals surface area (Å²) in [5.41, 5.74) is 1.54. The van der Waals surface area contributed by atoms with E-state index in [1.54, 1.807) is 19.2 Å². The number of halogens is 1. The minimum atomic E-state index is -0.139. The Labute approximate surface area is 178 Å². The Balaban J connectivity index is 1.53. The summed E-state index contributed by atoms with van der Waals surface area (Å²) in [6.07, 6.45) is 0. The molecule has 0 aliphatic carbocycles. The summed E-state index contributed by atoms with van der Waals surface area (Å²) in [6, 6.07) is 12.7. The predicted molar refractivity (Wildman–Crippen MR) is 114 cm³/mol. The van der Waals surface area contributed by atoms with Crippen molar-refractivity contribution in [3.63, 3.8) is 0 Å². The van der Waals surface area contributed by atoms with Crippen LogP contribution in [0.4, 0.5) is 5.69 Å². The molecule has 1 heterocycles. The van der Waals surface area contributed by atoms with Gasteiger partial charge in [-0.3, -0.25) is 4.79 Å². The summed E-state index contributed by atoms with van der Waals surface area (Å²) >= 11 is 7.39. The van der Waals surface area contributed by atoms with E-state index in [9.17, 15) is 4.79 Å². The number of nitrogens with one attached hydrogen (secondary N) is 1. The van der Waals surface area contributed by atoms with Crippen LogP contribution in [-0.4, -0.2) is 33.5 Å². The van der Waals surface area contributed by atoms with Crippen LogP contribution in [0.2, 0.25) is 5.02 Å². The Morgan fingerprint density at radius 1 is 1.17 bits per heavy atom. The Morgan fingerprint density at radius 2 is 1.90 bits per heavy atom. The maximum absolute atomic E-state index is 12.3. The molecule has 1 N–H and O–H groups in total. The lowest BCUT2D eigenvalue weighted by atomic mass is 10.2. The second kappa shape index (κ2) is 9.67. The van der Waals surface area contributed by atoms with Gasteiger partial charge in [-0.05, 0) is 48.9 Å². The van der Waals surface area contributed by atoms with E-state index in [-0.39, 0.29) is 18.3 Å².